The third-order valence-electron chi connectivity index (χ3n) is 3.32. The molecule has 0 amide bonds. The molecule has 1 N–H and O–H groups in total. The van der Waals surface area contributed by atoms with Gasteiger partial charge in [-0.15, -0.1) is 11.8 Å². The van der Waals surface area contributed by atoms with Gasteiger partial charge in [0, 0.05) is 22.7 Å². The molecule has 0 spiro atoms. The van der Waals surface area contributed by atoms with Gasteiger partial charge in [-0.25, -0.2) is 4.98 Å². The van der Waals surface area contributed by atoms with Crippen molar-refractivity contribution in [3.8, 4) is 0 Å². The average Bonchev–Trinajstić information content (AvgIpc) is 3.18. The van der Waals surface area contributed by atoms with E-state index in [1.165, 1.54) is 28.8 Å². The SMILES string of the molecule is CC(C)(C)Sc1nc2ccccc2cc1CNC1CC1. The van der Waals surface area contributed by atoms with Crippen LogP contribution in [0.2, 0.25) is 0 Å². The van der Waals surface area contributed by atoms with Crippen molar-refractivity contribution in [2.24, 2.45) is 0 Å². The predicted octanol–water partition coefficient (Wildman–Crippen LogP) is 4.38. The van der Waals surface area contributed by atoms with Crippen LogP contribution in [0.3, 0.4) is 0 Å². The summed E-state index contributed by atoms with van der Waals surface area (Å²) in [5.41, 5.74) is 2.42. The Morgan fingerprint density at radius 1 is 1.25 bits per heavy atom. The normalized spacial score (nSPS) is 15.8. The van der Waals surface area contributed by atoms with E-state index in [9.17, 15) is 0 Å². The fourth-order valence-corrected chi connectivity index (χ4v) is 3.18. The average molecular weight is 286 g/mol. The molecule has 1 aliphatic carbocycles. The number of nitrogens with one attached hydrogen (secondary N) is 1. The van der Waals surface area contributed by atoms with Crippen molar-refractivity contribution >= 4 is 22.7 Å². The van der Waals surface area contributed by atoms with Crippen LogP contribution in [0.5, 0.6) is 0 Å². The van der Waals surface area contributed by atoms with Crippen LogP contribution in [0.25, 0.3) is 10.9 Å². The van der Waals surface area contributed by atoms with Gasteiger partial charge in [-0.1, -0.05) is 39.0 Å². The van der Waals surface area contributed by atoms with Crippen LogP contribution in [0.15, 0.2) is 35.4 Å². The molecule has 106 valence electrons. The van der Waals surface area contributed by atoms with Crippen molar-refractivity contribution in [3.05, 3.63) is 35.9 Å². The van der Waals surface area contributed by atoms with Gasteiger partial charge in [-0.05, 0) is 30.5 Å². The minimum absolute atomic E-state index is 0.184. The summed E-state index contributed by atoms with van der Waals surface area (Å²) >= 11 is 1.86. The first-order valence-corrected chi connectivity index (χ1v) is 8.14. The van der Waals surface area contributed by atoms with Crippen LogP contribution < -0.4 is 5.32 Å². The van der Waals surface area contributed by atoms with E-state index in [4.69, 9.17) is 4.98 Å². The molecular weight excluding hydrogens is 264 g/mol. The third-order valence-corrected chi connectivity index (χ3v) is 4.48. The van der Waals surface area contributed by atoms with E-state index < -0.39 is 0 Å². The van der Waals surface area contributed by atoms with Crippen molar-refractivity contribution in [2.75, 3.05) is 0 Å². The highest BCUT2D eigenvalue weighted by atomic mass is 32.2. The Morgan fingerprint density at radius 2 is 2.00 bits per heavy atom. The minimum Gasteiger partial charge on any atom is -0.310 e. The van der Waals surface area contributed by atoms with Gasteiger partial charge >= 0.3 is 0 Å². The van der Waals surface area contributed by atoms with Gasteiger partial charge in [0.1, 0.15) is 5.03 Å². The molecule has 0 aliphatic heterocycles. The molecule has 1 aromatic carbocycles. The fourth-order valence-electron chi connectivity index (χ4n) is 2.19. The molecule has 1 fully saturated rings. The van der Waals surface area contributed by atoms with E-state index in [1.807, 2.05) is 11.8 Å². The van der Waals surface area contributed by atoms with Gasteiger partial charge in [0.05, 0.1) is 5.52 Å². The van der Waals surface area contributed by atoms with Crippen molar-refractivity contribution in [1.29, 1.82) is 0 Å². The Balaban J connectivity index is 1.95. The number of rotatable bonds is 4. The van der Waals surface area contributed by atoms with Crippen LogP contribution >= 0.6 is 11.8 Å². The lowest BCUT2D eigenvalue weighted by molar-refractivity contribution is 0.675. The zero-order valence-corrected chi connectivity index (χ0v) is 13.3. The molecule has 0 radical (unpaired) electrons. The van der Waals surface area contributed by atoms with Crippen molar-refractivity contribution in [3.63, 3.8) is 0 Å². The van der Waals surface area contributed by atoms with Gasteiger partial charge in [0.2, 0.25) is 0 Å². The Hall–Kier alpha value is -1.06. The minimum atomic E-state index is 0.184. The Kier molecular flexibility index (Phi) is 3.74. The molecule has 0 bridgehead atoms. The van der Waals surface area contributed by atoms with Crippen LogP contribution in [0.1, 0.15) is 39.2 Å². The zero-order valence-electron chi connectivity index (χ0n) is 12.4. The summed E-state index contributed by atoms with van der Waals surface area (Å²) in [7, 11) is 0. The van der Waals surface area contributed by atoms with E-state index >= 15 is 0 Å². The largest absolute Gasteiger partial charge is 0.310 e. The maximum atomic E-state index is 4.88. The number of aromatic nitrogens is 1. The summed E-state index contributed by atoms with van der Waals surface area (Å²) in [6.45, 7) is 7.66. The molecule has 0 atom stereocenters. The molecule has 2 aromatic rings. The number of benzene rings is 1. The van der Waals surface area contributed by atoms with E-state index in [2.05, 4.69) is 56.4 Å². The molecule has 1 aromatic heterocycles. The standard InChI is InChI=1S/C17H22N2S/c1-17(2,3)20-16-13(11-18-14-8-9-14)10-12-6-4-5-7-15(12)19-16/h4-7,10,14,18H,8-9,11H2,1-3H3. The zero-order chi connectivity index (χ0) is 14.2. The lowest BCUT2D eigenvalue weighted by Gasteiger charge is -2.20. The van der Waals surface area contributed by atoms with E-state index in [0.717, 1.165) is 18.1 Å². The number of hydrogen-bond donors (Lipinski definition) is 1. The van der Waals surface area contributed by atoms with Crippen LogP contribution in [-0.2, 0) is 6.54 Å². The van der Waals surface area contributed by atoms with Crippen molar-refractivity contribution in [2.45, 2.75) is 56.0 Å². The Labute approximate surface area is 125 Å². The number of hydrogen-bond acceptors (Lipinski definition) is 3. The summed E-state index contributed by atoms with van der Waals surface area (Å²) in [5, 5.41) is 6.02. The molecule has 3 rings (SSSR count). The summed E-state index contributed by atoms with van der Waals surface area (Å²) in [5.74, 6) is 0. The summed E-state index contributed by atoms with van der Waals surface area (Å²) in [4.78, 5) is 4.88. The highest BCUT2D eigenvalue weighted by Gasteiger charge is 2.22. The number of pyridine rings is 1. The second-order valence-electron chi connectivity index (χ2n) is 6.51. The molecule has 3 heteroatoms. The van der Waals surface area contributed by atoms with Gasteiger partial charge in [-0.3, -0.25) is 0 Å². The van der Waals surface area contributed by atoms with Gasteiger partial charge in [-0.2, -0.15) is 0 Å². The van der Waals surface area contributed by atoms with Gasteiger partial charge < -0.3 is 5.32 Å². The van der Waals surface area contributed by atoms with E-state index in [1.54, 1.807) is 0 Å². The topological polar surface area (TPSA) is 24.9 Å². The van der Waals surface area contributed by atoms with E-state index in [-0.39, 0.29) is 4.75 Å². The summed E-state index contributed by atoms with van der Waals surface area (Å²) in [6.07, 6.45) is 2.64. The summed E-state index contributed by atoms with van der Waals surface area (Å²) in [6, 6.07) is 11.4. The second kappa shape index (κ2) is 5.38. The predicted molar refractivity (Wildman–Crippen MR) is 87.2 cm³/mol. The molecule has 1 heterocycles. The van der Waals surface area contributed by atoms with Gasteiger partial charge in [0.25, 0.3) is 0 Å². The second-order valence-corrected chi connectivity index (χ2v) is 8.33. The molecule has 20 heavy (non-hydrogen) atoms. The Morgan fingerprint density at radius 3 is 2.70 bits per heavy atom. The molecular formula is C17H22N2S. The molecule has 1 saturated carbocycles. The van der Waals surface area contributed by atoms with Gasteiger partial charge in [0.15, 0.2) is 0 Å². The lowest BCUT2D eigenvalue weighted by atomic mass is 10.1. The highest BCUT2D eigenvalue weighted by molar-refractivity contribution is 8.00. The molecule has 1 aliphatic rings. The van der Waals surface area contributed by atoms with Crippen LogP contribution in [0, 0.1) is 0 Å². The maximum absolute atomic E-state index is 4.88. The lowest BCUT2D eigenvalue weighted by Crippen LogP contribution is -2.17. The number of nitrogens with zero attached hydrogens (tertiary/aromatic N) is 1. The third kappa shape index (κ3) is 3.53. The maximum Gasteiger partial charge on any atom is 0.102 e. The highest BCUT2D eigenvalue weighted by Crippen LogP contribution is 2.34. The number of thioether (sulfide) groups is 1. The first kappa shape index (κ1) is 13.9. The molecule has 2 nitrogen and oxygen atoms in total. The molecule has 0 saturated heterocycles. The number of para-hydroxylation sites is 1. The van der Waals surface area contributed by atoms with Crippen molar-refractivity contribution < 1.29 is 0 Å². The summed E-state index contributed by atoms with van der Waals surface area (Å²) < 4.78 is 0.184. The fraction of sp³-hybridized carbons (Fsp3) is 0.471. The van der Waals surface area contributed by atoms with Crippen LogP contribution in [0.4, 0.5) is 0 Å². The smallest absolute Gasteiger partial charge is 0.102 e. The van der Waals surface area contributed by atoms with E-state index in [0.29, 0.717) is 0 Å². The monoisotopic (exact) mass is 286 g/mol. The molecule has 0 unspecified atom stereocenters. The van der Waals surface area contributed by atoms with Crippen molar-refractivity contribution in [1.82, 2.24) is 10.3 Å². The first-order chi connectivity index (χ1) is 9.51. The van der Waals surface area contributed by atoms with Crippen LogP contribution in [-0.4, -0.2) is 15.8 Å². The Bertz CT molecular complexity index is 612. The first-order valence-electron chi connectivity index (χ1n) is 7.32. The number of fused-ring (bicyclic) bond motifs is 1. The quantitative estimate of drug-likeness (QED) is 0.844.